The highest BCUT2D eigenvalue weighted by Crippen LogP contribution is 2.51. The molecule has 0 bridgehead atoms. The van der Waals surface area contributed by atoms with Gasteiger partial charge < -0.3 is 10.2 Å². The predicted octanol–water partition coefficient (Wildman–Crippen LogP) is 5.89. The fraction of sp³-hybridized carbons (Fsp3) is 0.0526. The number of rotatable bonds is 4. The van der Waals surface area contributed by atoms with Crippen LogP contribution >= 0.6 is 46.4 Å². The molecule has 0 radical (unpaired) electrons. The largest absolute Gasteiger partial charge is 0.508 e. The van der Waals surface area contributed by atoms with Crippen LogP contribution in [0.15, 0.2) is 54.6 Å². The molecule has 10 heteroatoms. The van der Waals surface area contributed by atoms with Gasteiger partial charge in [-0.3, -0.25) is 4.55 Å². The number of aromatic hydroxyl groups is 2. The lowest BCUT2D eigenvalue weighted by atomic mass is 9.83. The Hall–Kier alpha value is -1.67. The number of hydrogen-bond donors (Lipinski definition) is 3. The third-order valence-corrected chi connectivity index (χ3v) is 7.30. The van der Waals surface area contributed by atoms with E-state index in [4.69, 9.17) is 46.4 Å². The maximum Gasteiger partial charge on any atom is 0.283 e. The third kappa shape index (κ3) is 3.65. The Morgan fingerprint density at radius 1 is 0.759 bits per heavy atom. The van der Waals surface area contributed by atoms with Crippen molar-refractivity contribution < 1.29 is 23.2 Å². The molecule has 152 valence electrons. The first-order valence-corrected chi connectivity index (χ1v) is 10.8. The zero-order valence-corrected chi connectivity index (χ0v) is 18.1. The number of hydrogen-bond acceptors (Lipinski definition) is 4. The SMILES string of the molecule is O=S(=O)(O)C(c1ccc(Cl)c(Cl)c1)(c1ccccc1Cl)c1cc(O)cc(O)c1Cl. The van der Waals surface area contributed by atoms with E-state index in [0.717, 1.165) is 12.1 Å². The van der Waals surface area contributed by atoms with Gasteiger partial charge in [0.25, 0.3) is 10.1 Å². The molecule has 5 nitrogen and oxygen atoms in total. The summed E-state index contributed by atoms with van der Waals surface area (Å²) in [4.78, 5) is 0. The Morgan fingerprint density at radius 3 is 2.00 bits per heavy atom. The van der Waals surface area contributed by atoms with Gasteiger partial charge in [-0.05, 0) is 29.8 Å². The van der Waals surface area contributed by atoms with E-state index >= 15 is 0 Å². The Bertz CT molecular complexity index is 1210. The molecule has 0 amide bonds. The van der Waals surface area contributed by atoms with Gasteiger partial charge in [0.05, 0.1) is 15.1 Å². The lowest BCUT2D eigenvalue weighted by Crippen LogP contribution is -2.39. The molecular weight excluding hydrogens is 482 g/mol. The minimum Gasteiger partial charge on any atom is -0.508 e. The van der Waals surface area contributed by atoms with E-state index in [2.05, 4.69) is 0 Å². The van der Waals surface area contributed by atoms with Crippen molar-refractivity contribution in [3.63, 3.8) is 0 Å². The topological polar surface area (TPSA) is 94.8 Å². The molecule has 0 saturated carbocycles. The maximum absolute atomic E-state index is 13.0. The van der Waals surface area contributed by atoms with E-state index in [1.54, 1.807) is 6.07 Å². The monoisotopic (exact) mass is 492 g/mol. The molecule has 3 aromatic carbocycles. The normalized spacial score (nSPS) is 13.8. The van der Waals surface area contributed by atoms with Gasteiger partial charge in [0.1, 0.15) is 11.5 Å². The van der Waals surface area contributed by atoms with Crippen LogP contribution in [-0.2, 0) is 14.9 Å². The van der Waals surface area contributed by atoms with E-state index in [-0.39, 0.29) is 31.8 Å². The van der Waals surface area contributed by atoms with Gasteiger partial charge in [0, 0.05) is 22.2 Å². The average Bonchev–Trinajstić information content (AvgIpc) is 2.62. The quantitative estimate of drug-likeness (QED) is 0.311. The zero-order valence-electron chi connectivity index (χ0n) is 14.3. The van der Waals surface area contributed by atoms with E-state index < -0.39 is 31.4 Å². The number of phenolic OH excluding ortho intramolecular Hbond substituents is 2. The van der Waals surface area contributed by atoms with Gasteiger partial charge >= 0.3 is 0 Å². The van der Waals surface area contributed by atoms with Crippen LogP contribution in [0.2, 0.25) is 20.1 Å². The van der Waals surface area contributed by atoms with E-state index in [0.29, 0.717) is 0 Å². The molecule has 0 heterocycles. The molecule has 29 heavy (non-hydrogen) atoms. The molecule has 0 aliphatic carbocycles. The van der Waals surface area contributed by atoms with Gasteiger partial charge in [0.15, 0.2) is 4.75 Å². The molecule has 0 aliphatic heterocycles. The second-order valence-electron chi connectivity index (χ2n) is 6.09. The highest BCUT2D eigenvalue weighted by Gasteiger charge is 2.51. The fourth-order valence-electron chi connectivity index (χ4n) is 3.20. The number of benzene rings is 3. The molecule has 3 aromatic rings. The van der Waals surface area contributed by atoms with Crippen molar-refractivity contribution in [2.45, 2.75) is 4.75 Å². The van der Waals surface area contributed by atoms with Gasteiger partial charge in [0.2, 0.25) is 0 Å². The van der Waals surface area contributed by atoms with Gasteiger partial charge in [-0.1, -0.05) is 70.7 Å². The first-order chi connectivity index (χ1) is 13.5. The molecule has 0 fully saturated rings. The van der Waals surface area contributed by atoms with Crippen molar-refractivity contribution in [3.05, 3.63) is 91.4 Å². The average molecular weight is 494 g/mol. The lowest BCUT2D eigenvalue weighted by Gasteiger charge is -2.34. The molecule has 0 aliphatic rings. The molecule has 3 rings (SSSR count). The smallest absolute Gasteiger partial charge is 0.283 e. The van der Waals surface area contributed by atoms with Crippen LogP contribution in [0.25, 0.3) is 0 Å². The fourth-order valence-corrected chi connectivity index (χ4v) is 5.45. The van der Waals surface area contributed by atoms with Crippen LogP contribution in [0.1, 0.15) is 16.7 Å². The summed E-state index contributed by atoms with van der Waals surface area (Å²) in [7, 11) is -5.09. The molecule has 1 atom stereocenters. The summed E-state index contributed by atoms with van der Waals surface area (Å²) in [6.07, 6.45) is 0. The van der Waals surface area contributed by atoms with Crippen LogP contribution in [0.3, 0.4) is 0 Å². The van der Waals surface area contributed by atoms with Crippen molar-refractivity contribution in [1.29, 1.82) is 0 Å². The Morgan fingerprint density at radius 2 is 1.41 bits per heavy atom. The Kier molecular flexibility index (Phi) is 5.98. The summed E-state index contributed by atoms with van der Waals surface area (Å²) in [6, 6.07) is 11.7. The lowest BCUT2D eigenvalue weighted by molar-refractivity contribution is 0.444. The zero-order chi connectivity index (χ0) is 21.6. The van der Waals surface area contributed by atoms with Gasteiger partial charge in [-0.2, -0.15) is 8.42 Å². The highest BCUT2D eigenvalue weighted by atomic mass is 35.5. The van der Waals surface area contributed by atoms with Crippen LogP contribution in [0.4, 0.5) is 0 Å². The van der Waals surface area contributed by atoms with E-state index in [9.17, 15) is 23.2 Å². The van der Waals surface area contributed by atoms with Crippen molar-refractivity contribution in [3.8, 4) is 11.5 Å². The van der Waals surface area contributed by atoms with Gasteiger partial charge in [-0.15, -0.1) is 0 Å². The van der Waals surface area contributed by atoms with Crippen molar-refractivity contribution in [2.24, 2.45) is 0 Å². The summed E-state index contributed by atoms with van der Waals surface area (Å²) >= 11 is 24.6. The minimum atomic E-state index is -5.09. The van der Waals surface area contributed by atoms with Gasteiger partial charge in [-0.25, -0.2) is 0 Å². The number of phenols is 2. The predicted molar refractivity (Wildman–Crippen MR) is 114 cm³/mol. The summed E-state index contributed by atoms with van der Waals surface area (Å²) in [5, 5.41) is 19.9. The van der Waals surface area contributed by atoms with Crippen LogP contribution in [0, 0.1) is 0 Å². The van der Waals surface area contributed by atoms with Crippen LogP contribution < -0.4 is 0 Å². The maximum atomic E-state index is 13.0. The molecular formula is C19H12Cl4O5S. The summed E-state index contributed by atoms with van der Waals surface area (Å²) in [5.74, 6) is -1.08. The second kappa shape index (κ2) is 7.87. The Labute approximate surface area is 186 Å². The standard InChI is InChI=1S/C19H12Cl4O5S/c20-14-4-2-1-3-12(14)19(29(26,27)28,10-5-6-15(21)16(22)7-10)13-8-11(24)9-17(25)18(13)23/h1-9,24-25H,(H,26,27,28). The number of halogens is 4. The molecule has 0 spiro atoms. The molecule has 1 unspecified atom stereocenters. The summed E-state index contributed by atoms with van der Waals surface area (Å²) < 4.78 is 34.0. The minimum absolute atomic E-state index is 0.00439. The van der Waals surface area contributed by atoms with E-state index in [1.807, 2.05) is 0 Å². The first kappa shape index (κ1) is 22.0. The molecule has 3 N–H and O–H groups in total. The van der Waals surface area contributed by atoms with E-state index in [1.165, 1.54) is 36.4 Å². The molecule has 0 aromatic heterocycles. The first-order valence-electron chi connectivity index (χ1n) is 7.89. The van der Waals surface area contributed by atoms with Crippen LogP contribution in [-0.4, -0.2) is 23.2 Å². The van der Waals surface area contributed by atoms with Crippen molar-refractivity contribution in [2.75, 3.05) is 0 Å². The molecule has 0 saturated heterocycles. The van der Waals surface area contributed by atoms with Crippen molar-refractivity contribution in [1.82, 2.24) is 0 Å². The van der Waals surface area contributed by atoms with Crippen LogP contribution in [0.5, 0.6) is 11.5 Å². The third-order valence-electron chi connectivity index (χ3n) is 4.38. The second-order valence-corrected chi connectivity index (χ2v) is 9.25. The summed E-state index contributed by atoms with van der Waals surface area (Å²) in [6.45, 7) is 0. The summed E-state index contributed by atoms with van der Waals surface area (Å²) in [5.41, 5.74) is -0.463. The Balaban J connectivity index is 2.63. The highest BCUT2D eigenvalue weighted by molar-refractivity contribution is 7.87. The van der Waals surface area contributed by atoms with Crippen molar-refractivity contribution >= 4 is 56.5 Å².